The van der Waals surface area contributed by atoms with E-state index in [-0.39, 0.29) is 0 Å². The summed E-state index contributed by atoms with van der Waals surface area (Å²) in [5, 5.41) is 0.987. The fourth-order valence-electron chi connectivity index (χ4n) is 2.39. The third-order valence-corrected chi connectivity index (χ3v) is 3.44. The highest BCUT2D eigenvalue weighted by Crippen LogP contribution is 2.29. The molecule has 2 N–H and O–H groups in total. The van der Waals surface area contributed by atoms with Gasteiger partial charge in [0.2, 0.25) is 0 Å². The van der Waals surface area contributed by atoms with Crippen molar-refractivity contribution in [2.45, 2.75) is 6.92 Å². The zero-order chi connectivity index (χ0) is 14.1. The maximum atomic E-state index is 6.12. The lowest BCUT2D eigenvalue weighted by Crippen LogP contribution is -1.93. The van der Waals surface area contributed by atoms with Gasteiger partial charge in [0, 0.05) is 16.6 Å². The Hall–Kier alpha value is -2.55. The van der Waals surface area contributed by atoms with Crippen molar-refractivity contribution < 1.29 is 4.74 Å². The number of anilines is 1. The summed E-state index contributed by atoms with van der Waals surface area (Å²) in [5.74, 6) is 0.877. The third-order valence-electron chi connectivity index (χ3n) is 3.44. The Kier molecular flexibility index (Phi) is 3.03. The van der Waals surface area contributed by atoms with Gasteiger partial charge in [0.25, 0.3) is 0 Å². The number of ether oxygens (including phenoxy) is 1. The molecule has 0 fully saturated rings. The van der Waals surface area contributed by atoms with Crippen LogP contribution in [0.15, 0.2) is 48.5 Å². The summed E-state index contributed by atoms with van der Waals surface area (Å²) < 4.78 is 5.28. The molecule has 3 rings (SSSR count). The molecular weight excluding hydrogens is 248 g/mol. The first-order chi connectivity index (χ1) is 9.69. The van der Waals surface area contributed by atoms with Gasteiger partial charge in [0.1, 0.15) is 5.75 Å². The first-order valence-electron chi connectivity index (χ1n) is 6.49. The number of methoxy groups -OCH3 is 1. The molecule has 0 unspecified atom stereocenters. The summed E-state index contributed by atoms with van der Waals surface area (Å²) in [5.41, 5.74) is 10.8. The van der Waals surface area contributed by atoms with Crippen molar-refractivity contribution in [1.82, 2.24) is 4.98 Å². The quantitative estimate of drug-likeness (QED) is 0.765. The summed E-state index contributed by atoms with van der Waals surface area (Å²) >= 11 is 0. The largest absolute Gasteiger partial charge is 0.496 e. The van der Waals surface area contributed by atoms with E-state index in [1.165, 1.54) is 0 Å². The van der Waals surface area contributed by atoms with Gasteiger partial charge in [0.15, 0.2) is 0 Å². The second-order valence-electron chi connectivity index (χ2n) is 4.80. The van der Waals surface area contributed by atoms with Gasteiger partial charge in [-0.25, -0.2) is 4.98 Å². The number of nitrogen functional groups attached to an aromatic ring is 1. The van der Waals surface area contributed by atoms with Crippen LogP contribution in [0, 0.1) is 6.92 Å². The topological polar surface area (TPSA) is 48.1 Å². The molecule has 1 aromatic heterocycles. The smallest absolute Gasteiger partial charge is 0.121 e. The molecule has 0 aliphatic rings. The highest BCUT2D eigenvalue weighted by molar-refractivity contribution is 5.92. The monoisotopic (exact) mass is 264 g/mol. The molecule has 0 amide bonds. The number of benzene rings is 2. The summed E-state index contributed by atoms with van der Waals surface area (Å²) in [6.07, 6.45) is 0. The number of nitrogens with two attached hydrogens (primary N) is 1. The number of hydrogen-bond donors (Lipinski definition) is 1. The summed E-state index contributed by atoms with van der Waals surface area (Å²) in [6, 6.07) is 15.8. The van der Waals surface area contributed by atoms with Crippen molar-refractivity contribution in [3.8, 4) is 17.0 Å². The van der Waals surface area contributed by atoms with Gasteiger partial charge in [-0.15, -0.1) is 0 Å². The highest BCUT2D eigenvalue weighted by atomic mass is 16.5. The number of pyridine rings is 1. The van der Waals surface area contributed by atoms with Crippen LogP contribution in [0.2, 0.25) is 0 Å². The van der Waals surface area contributed by atoms with E-state index in [1.807, 2.05) is 49.4 Å². The maximum absolute atomic E-state index is 6.12. The lowest BCUT2D eigenvalue weighted by Gasteiger charge is -2.09. The first-order valence-corrected chi connectivity index (χ1v) is 6.49. The van der Waals surface area contributed by atoms with Crippen LogP contribution >= 0.6 is 0 Å². The molecule has 100 valence electrons. The number of aromatic nitrogens is 1. The first kappa shape index (κ1) is 12.5. The van der Waals surface area contributed by atoms with Crippen LogP contribution in [0.4, 0.5) is 5.69 Å². The van der Waals surface area contributed by atoms with E-state index >= 15 is 0 Å². The molecule has 0 saturated carbocycles. The van der Waals surface area contributed by atoms with Gasteiger partial charge < -0.3 is 10.5 Å². The van der Waals surface area contributed by atoms with Gasteiger partial charge in [-0.05, 0) is 42.8 Å². The molecule has 20 heavy (non-hydrogen) atoms. The molecule has 3 nitrogen and oxygen atoms in total. The predicted octanol–water partition coefficient (Wildman–Crippen LogP) is 3.80. The Morgan fingerprint density at radius 1 is 1.05 bits per heavy atom. The SMILES string of the molecule is COc1ccc(-c2cc(N)c3ccccc3n2)cc1C. The molecule has 0 bridgehead atoms. The van der Waals surface area contributed by atoms with Crippen molar-refractivity contribution in [2.75, 3.05) is 12.8 Å². The van der Waals surface area contributed by atoms with Crippen LogP contribution in [0.1, 0.15) is 5.56 Å². The Labute approximate surface area is 118 Å². The van der Waals surface area contributed by atoms with Gasteiger partial charge in [-0.2, -0.15) is 0 Å². The minimum Gasteiger partial charge on any atom is -0.496 e. The Morgan fingerprint density at radius 3 is 2.60 bits per heavy atom. The second kappa shape index (κ2) is 4.85. The maximum Gasteiger partial charge on any atom is 0.121 e. The number of nitrogens with zero attached hydrogens (tertiary/aromatic N) is 1. The van der Waals surface area contributed by atoms with Crippen LogP contribution in [-0.4, -0.2) is 12.1 Å². The number of hydrogen-bond acceptors (Lipinski definition) is 3. The fraction of sp³-hybridized carbons (Fsp3) is 0.118. The van der Waals surface area contributed by atoms with Gasteiger partial charge >= 0.3 is 0 Å². The molecule has 0 aliphatic carbocycles. The Morgan fingerprint density at radius 2 is 1.85 bits per heavy atom. The molecule has 0 atom stereocenters. The van der Waals surface area contributed by atoms with Crippen molar-refractivity contribution in [2.24, 2.45) is 0 Å². The molecule has 1 heterocycles. The van der Waals surface area contributed by atoms with Crippen molar-refractivity contribution in [3.63, 3.8) is 0 Å². The standard InChI is InChI=1S/C17H16N2O/c1-11-9-12(7-8-17(11)20-2)16-10-14(18)13-5-3-4-6-15(13)19-16/h3-10H,1-2H3,(H2,18,19). The molecule has 0 radical (unpaired) electrons. The van der Waals surface area contributed by atoms with E-state index in [9.17, 15) is 0 Å². The molecule has 3 aromatic rings. The number of aryl methyl sites for hydroxylation is 1. The third kappa shape index (κ3) is 2.07. The van der Waals surface area contributed by atoms with E-state index in [0.29, 0.717) is 0 Å². The minimum atomic E-state index is 0.749. The van der Waals surface area contributed by atoms with Crippen LogP contribution in [0.3, 0.4) is 0 Å². The average Bonchev–Trinajstić information content (AvgIpc) is 2.47. The zero-order valence-electron chi connectivity index (χ0n) is 11.6. The van der Waals surface area contributed by atoms with E-state index in [2.05, 4.69) is 11.1 Å². The van der Waals surface area contributed by atoms with Crippen molar-refractivity contribution >= 4 is 16.6 Å². The van der Waals surface area contributed by atoms with Gasteiger partial charge in [0.05, 0.1) is 18.3 Å². The Bertz CT molecular complexity index is 781. The molecule has 0 aliphatic heterocycles. The lowest BCUT2D eigenvalue weighted by molar-refractivity contribution is 0.412. The average molecular weight is 264 g/mol. The summed E-state index contributed by atoms with van der Waals surface area (Å²) in [7, 11) is 1.67. The van der Waals surface area contributed by atoms with E-state index in [0.717, 1.165) is 39.2 Å². The van der Waals surface area contributed by atoms with Crippen LogP contribution in [-0.2, 0) is 0 Å². The molecule has 3 heteroatoms. The number of fused-ring (bicyclic) bond motifs is 1. The summed E-state index contributed by atoms with van der Waals surface area (Å²) in [6.45, 7) is 2.02. The van der Waals surface area contributed by atoms with Crippen molar-refractivity contribution in [1.29, 1.82) is 0 Å². The second-order valence-corrected chi connectivity index (χ2v) is 4.80. The number of para-hydroxylation sites is 1. The lowest BCUT2D eigenvalue weighted by atomic mass is 10.1. The zero-order valence-corrected chi connectivity index (χ0v) is 11.6. The van der Waals surface area contributed by atoms with Crippen molar-refractivity contribution in [3.05, 3.63) is 54.1 Å². The van der Waals surface area contributed by atoms with E-state index < -0.39 is 0 Å². The van der Waals surface area contributed by atoms with Gasteiger partial charge in [-0.3, -0.25) is 0 Å². The van der Waals surface area contributed by atoms with Crippen LogP contribution < -0.4 is 10.5 Å². The predicted molar refractivity (Wildman–Crippen MR) is 82.9 cm³/mol. The number of rotatable bonds is 2. The van der Waals surface area contributed by atoms with E-state index in [1.54, 1.807) is 7.11 Å². The van der Waals surface area contributed by atoms with Crippen LogP contribution in [0.5, 0.6) is 5.75 Å². The minimum absolute atomic E-state index is 0.749. The molecule has 2 aromatic carbocycles. The molecular formula is C17H16N2O. The summed E-state index contributed by atoms with van der Waals surface area (Å²) in [4.78, 5) is 4.68. The fourth-order valence-corrected chi connectivity index (χ4v) is 2.39. The van der Waals surface area contributed by atoms with Gasteiger partial charge in [-0.1, -0.05) is 18.2 Å². The molecule has 0 spiro atoms. The van der Waals surface area contributed by atoms with Crippen LogP contribution in [0.25, 0.3) is 22.2 Å². The molecule has 0 saturated heterocycles. The highest BCUT2D eigenvalue weighted by Gasteiger charge is 2.07. The Balaban J connectivity index is 2.17. The normalized spacial score (nSPS) is 10.7. The van der Waals surface area contributed by atoms with E-state index in [4.69, 9.17) is 10.5 Å².